The standard InChI is InChI=1S/C20H21N3O2S/c1-3-23(15-9-10-15)16(24)11-22-12-21-19-17(20(22)25)13(2)18(26-19)14-7-5-4-6-8-14/h4-8,12,15H,3,9-11H2,1-2H3. The lowest BCUT2D eigenvalue weighted by atomic mass is 10.1. The topological polar surface area (TPSA) is 55.2 Å². The minimum absolute atomic E-state index is 0.00517. The van der Waals surface area contributed by atoms with Crippen molar-refractivity contribution in [2.75, 3.05) is 6.54 Å². The van der Waals surface area contributed by atoms with E-state index < -0.39 is 0 Å². The molecule has 1 amide bonds. The lowest BCUT2D eigenvalue weighted by Gasteiger charge is -2.20. The molecular weight excluding hydrogens is 346 g/mol. The Hall–Kier alpha value is -2.47. The highest BCUT2D eigenvalue weighted by atomic mass is 32.1. The summed E-state index contributed by atoms with van der Waals surface area (Å²) in [5, 5.41) is 0.624. The molecule has 0 saturated heterocycles. The second kappa shape index (κ2) is 6.68. The van der Waals surface area contributed by atoms with Crippen molar-refractivity contribution in [2.24, 2.45) is 0 Å². The number of fused-ring (bicyclic) bond motifs is 1. The maximum absolute atomic E-state index is 13.0. The van der Waals surface area contributed by atoms with Gasteiger partial charge in [0.1, 0.15) is 11.4 Å². The predicted molar refractivity (Wildman–Crippen MR) is 104 cm³/mol. The first kappa shape index (κ1) is 17.0. The maximum Gasteiger partial charge on any atom is 0.262 e. The van der Waals surface area contributed by atoms with Gasteiger partial charge in [-0.15, -0.1) is 11.3 Å². The van der Waals surface area contributed by atoms with Gasteiger partial charge in [-0.1, -0.05) is 30.3 Å². The van der Waals surface area contributed by atoms with Crippen molar-refractivity contribution in [2.45, 2.75) is 39.3 Å². The number of benzene rings is 1. The van der Waals surface area contributed by atoms with Gasteiger partial charge in [-0.05, 0) is 37.8 Å². The zero-order valence-corrected chi connectivity index (χ0v) is 15.8. The van der Waals surface area contributed by atoms with Gasteiger partial charge >= 0.3 is 0 Å². The summed E-state index contributed by atoms with van der Waals surface area (Å²) in [6.45, 7) is 4.68. The summed E-state index contributed by atoms with van der Waals surface area (Å²) in [5.41, 5.74) is 1.89. The van der Waals surface area contributed by atoms with E-state index in [9.17, 15) is 9.59 Å². The third-order valence-corrected chi connectivity index (χ3v) is 6.16. The number of amides is 1. The Bertz CT molecular complexity index is 1020. The molecule has 0 radical (unpaired) electrons. The van der Waals surface area contributed by atoms with Crippen LogP contribution in [0.5, 0.6) is 0 Å². The number of hydrogen-bond donors (Lipinski definition) is 0. The summed E-state index contributed by atoms with van der Waals surface area (Å²) in [6.07, 6.45) is 3.64. The molecule has 3 aromatic rings. The number of nitrogens with zero attached hydrogens (tertiary/aromatic N) is 3. The number of aryl methyl sites for hydroxylation is 1. The number of aromatic nitrogens is 2. The van der Waals surface area contributed by atoms with Gasteiger partial charge < -0.3 is 4.90 Å². The molecule has 6 heteroatoms. The van der Waals surface area contributed by atoms with Crippen molar-refractivity contribution in [1.82, 2.24) is 14.5 Å². The van der Waals surface area contributed by atoms with Gasteiger partial charge in [0.15, 0.2) is 0 Å². The lowest BCUT2D eigenvalue weighted by Crippen LogP contribution is -2.37. The normalized spacial score (nSPS) is 13.9. The minimum Gasteiger partial charge on any atom is -0.338 e. The van der Waals surface area contributed by atoms with E-state index in [2.05, 4.69) is 4.98 Å². The van der Waals surface area contributed by atoms with E-state index in [1.807, 2.05) is 49.1 Å². The molecule has 1 saturated carbocycles. The molecule has 2 heterocycles. The third kappa shape index (κ3) is 2.94. The Morgan fingerprint density at radius 2 is 2.04 bits per heavy atom. The first-order chi connectivity index (χ1) is 12.6. The van der Waals surface area contributed by atoms with Crippen LogP contribution in [-0.4, -0.2) is 32.9 Å². The molecule has 1 fully saturated rings. The molecule has 1 aliphatic rings. The van der Waals surface area contributed by atoms with E-state index >= 15 is 0 Å². The summed E-state index contributed by atoms with van der Waals surface area (Å²) in [7, 11) is 0. The van der Waals surface area contributed by atoms with Gasteiger partial charge in [-0.25, -0.2) is 4.98 Å². The Morgan fingerprint density at radius 3 is 2.69 bits per heavy atom. The van der Waals surface area contributed by atoms with Crippen LogP contribution in [0.4, 0.5) is 0 Å². The summed E-state index contributed by atoms with van der Waals surface area (Å²) in [6, 6.07) is 10.4. The van der Waals surface area contributed by atoms with Crippen LogP contribution in [0.15, 0.2) is 41.5 Å². The number of hydrogen-bond acceptors (Lipinski definition) is 4. The summed E-state index contributed by atoms with van der Waals surface area (Å²) >= 11 is 1.52. The molecule has 0 bridgehead atoms. The smallest absolute Gasteiger partial charge is 0.262 e. The first-order valence-corrected chi connectivity index (χ1v) is 9.75. The van der Waals surface area contributed by atoms with Gasteiger partial charge in [-0.3, -0.25) is 14.2 Å². The molecule has 0 N–H and O–H groups in total. The largest absolute Gasteiger partial charge is 0.338 e. The van der Waals surface area contributed by atoms with Gasteiger partial charge in [0.2, 0.25) is 5.91 Å². The number of carbonyl (C=O) groups excluding carboxylic acids is 1. The molecule has 2 aromatic heterocycles. The molecular formula is C20H21N3O2S. The molecule has 5 nitrogen and oxygen atoms in total. The van der Waals surface area contributed by atoms with Gasteiger partial charge in [-0.2, -0.15) is 0 Å². The van der Waals surface area contributed by atoms with Crippen molar-refractivity contribution >= 4 is 27.5 Å². The van der Waals surface area contributed by atoms with Crippen LogP contribution < -0.4 is 5.56 Å². The van der Waals surface area contributed by atoms with Crippen LogP contribution in [0.1, 0.15) is 25.3 Å². The molecule has 4 rings (SSSR count). The Morgan fingerprint density at radius 1 is 1.31 bits per heavy atom. The van der Waals surface area contributed by atoms with Crippen molar-refractivity contribution in [3.8, 4) is 10.4 Å². The fourth-order valence-electron chi connectivity index (χ4n) is 3.40. The average molecular weight is 367 g/mol. The molecule has 1 aliphatic carbocycles. The highest BCUT2D eigenvalue weighted by Gasteiger charge is 2.31. The second-order valence-corrected chi connectivity index (χ2v) is 7.69. The zero-order valence-electron chi connectivity index (χ0n) is 14.9. The van der Waals surface area contributed by atoms with E-state index in [0.717, 1.165) is 33.7 Å². The van der Waals surface area contributed by atoms with Crippen LogP contribution in [0.25, 0.3) is 20.7 Å². The quantitative estimate of drug-likeness (QED) is 0.694. The predicted octanol–water partition coefficient (Wildman–Crippen LogP) is 3.44. The van der Waals surface area contributed by atoms with Crippen LogP contribution in [0, 0.1) is 6.92 Å². The van der Waals surface area contributed by atoms with E-state index in [4.69, 9.17) is 0 Å². The fraction of sp³-hybridized carbons (Fsp3) is 0.350. The van der Waals surface area contributed by atoms with Crippen molar-refractivity contribution < 1.29 is 4.79 Å². The van der Waals surface area contributed by atoms with Gasteiger partial charge in [0, 0.05) is 17.5 Å². The van der Waals surface area contributed by atoms with Crippen LogP contribution in [0.3, 0.4) is 0 Å². The molecule has 0 aliphatic heterocycles. The summed E-state index contributed by atoms with van der Waals surface area (Å²) in [5.74, 6) is -0.00517. The van der Waals surface area contributed by atoms with E-state index in [1.54, 1.807) is 0 Å². The van der Waals surface area contributed by atoms with Crippen LogP contribution in [-0.2, 0) is 11.3 Å². The Balaban J connectivity index is 1.72. The van der Waals surface area contributed by atoms with Crippen LogP contribution >= 0.6 is 11.3 Å². The second-order valence-electron chi connectivity index (χ2n) is 6.69. The van der Waals surface area contributed by atoms with Crippen LogP contribution in [0.2, 0.25) is 0 Å². The first-order valence-electron chi connectivity index (χ1n) is 8.93. The van der Waals surface area contributed by atoms with E-state index in [-0.39, 0.29) is 18.0 Å². The monoisotopic (exact) mass is 367 g/mol. The number of likely N-dealkylation sites (N-methyl/N-ethyl adjacent to an activating group) is 1. The maximum atomic E-state index is 13.0. The SMILES string of the molecule is CCN(C(=O)Cn1cnc2sc(-c3ccccc3)c(C)c2c1=O)C1CC1. The Kier molecular flexibility index (Phi) is 4.36. The molecule has 1 aromatic carbocycles. The van der Waals surface area contributed by atoms with Crippen molar-refractivity contribution in [1.29, 1.82) is 0 Å². The minimum atomic E-state index is -0.133. The highest BCUT2D eigenvalue weighted by Crippen LogP contribution is 2.35. The van der Waals surface area contributed by atoms with Crippen molar-refractivity contribution in [3.63, 3.8) is 0 Å². The number of thiophene rings is 1. The number of carbonyl (C=O) groups is 1. The highest BCUT2D eigenvalue weighted by molar-refractivity contribution is 7.22. The summed E-state index contributed by atoms with van der Waals surface area (Å²) in [4.78, 5) is 33.7. The summed E-state index contributed by atoms with van der Waals surface area (Å²) < 4.78 is 1.45. The molecule has 26 heavy (non-hydrogen) atoms. The molecule has 0 spiro atoms. The molecule has 0 atom stereocenters. The molecule has 134 valence electrons. The van der Waals surface area contributed by atoms with E-state index in [0.29, 0.717) is 18.0 Å². The van der Waals surface area contributed by atoms with Gasteiger partial charge in [0.25, 0.3) is 5.56 Å². The Labute approximate surface area is 155 Å². The zero-order chi connectivity index (χ0) is 18.3. The number of rotatable bonds is 5. The van der Waals surface area contributed by atoms with Crippen molar-refractivity contribution in [3.05, 3.63) is 52.6 Å². The average Bonchev–Trinajstić information content (AvgIpc) is 3.42. The van der Waals surface area contributed by atoms with E-state index in [1.165, 1.54) is 22.2 Å². The molecule has 0 unspecified atom stereocenters. The lowest BCUT2D eigenvalue weighted by molar-refractivity contribution is -0.132. The van der Waals surface area contributed by atoms with Gasteiger partial charge in [0.05, 0.1) is 11.7 Å². The third-order valence-electron chi connectivity index (χ3n) is 4.91. The fourth-order valence-corrected chi connectivity index (χ4v) is 4.54.